The van der Waals surface area contributed by atoms with Crippen molar-refractivity contribution in [3.8, 4) is 0 Å². The molecule has 1 unspecified atom stereocenters. The molecule has 2 aliphatic heterocycles. The molecule has 1 fully saturated rings. The zero-order valence-corrected chi connectivity index (χ0v) is 26.7. The lowest BCUT2D eigenvalue weighted by molar-refractivity contribution is 0.234. The molecule has 0 saturated heterocycles. The number of rotatable bonds is 2. The quantitative estimate of drug-likeness (QED) is 0.221. The maximum atomic E-state index is 2.65. The molecular weight excluding hydrogens is 531 g/mol. The number of nitrogens with zero attached hydrogens (tertiary/aromatic N) is 2. The number of fused-ring (bicyclic) bond motifs is 5. The summed E-state index contributed by atoms with van der Waals surface area (Å²) in [5.74, 6) is 1.03. The van der Waals surface area contributed by atoms with Crippen LogP contribution in [0.3, 0.4) is 0 Å². The highest BCUT2D eigenvalue weighted by Gasteiger charge is 2.52. The third kappa shape index (κ3) is 3.50. The highest BCUT2D eigenvalue weighted by atomic mass is 15.2. The summed E-state index contributed by atoms with van der Waals surface area (Å²) in [7, 11) is 0. The number of para-hydroxylation sites is 2. The molecule has 4 aromatic rings. The molecule has 2 nitrogen and oxygen atoms in total. The van der Waals surface area contributed by atoms with E-state index in [9.17, 15) is 0 Å². The lowest BCUT2D eigenvalue weighted by atomic mass is 9.30. The Morgan fingerprint density at radius 3 is 2.07 bits per heavy atom. The van der Waals surface area contributed by atoms with Crippen LogP contribution in [-0.2, 0) is 11.8 Å². The van der Waals surface area contributed by atoms with Gasteiger partial charge in [-0.15, -0.1) is 0 Å². The Balaban J connectivity index is 1.39. The van der Waals surface area contributed by atoms with Crippen molar-refractivity contribution < 1.29 is 0 Å². The van der Waals surface area contributed by atoms with E-state index in [1.165, 1.54) is 69.9 Å². The summed E-state index contributed by atoms with van der Waals surface area (Å²) < 4.78 is 0. The van der Waals surface area contributed by atoms with Gasteiger partial charge in [-0.05, 0) is 119 Å². The third-order valence-corrected chi connectivity index (χ3v) is 11.9. The van der Waals surface area contributed by atoms with Crippen LogP contribution in [0.4, 0.5) is 28.4 Å². The maximum Gasteiger partial charge on any atom is 0.247 e. The van der Waals surface area contributed by atoms with Crippen LogP contribution in [0.25, 0.3) is 0 Å². The molecule has 0 N–H and O–H groups in total. The van der Waals surface area contributed by atoms with Gasteiger partial charge in [-0.25, -0.2) is 0 Å². The number of anilines is 5. The second-order valence-electron chi connectivity index (χ2n) is 15.3. The predicted molar refractivity (Wildman–Crippen MR) is 187 cm³/mol. The standard InChI is InChI=1S/C41H41BN2/c1-26-37-28(20-22-41(37,4)5)24-36-38(26)42-32-25-31-27(19-21-40(31,2)3)23-35(32)43(29-13-8-6-9-14-29)33-17-12-18-34(39(33)42)44(36)30-15-10-7-11-16-30/h6-18,23-26,37H,19-22H2,1-5H3/t26-,37?/m1/s1. The van der Waals surface area contributed by atoms with Gasteiger partial charge in [0.1, 0.15) is 0 Å². The lowest BCUT2D eigenvalue weighted by Crippen LogP contribution is -2.58. The highest BCUT2D eigenvalue weighted by Crippen LogP contribution is 2.57. The molecule has 2 atom stereocenters. The second kappa shape index (κ2) is 9.04. The zero-order chi connectivity index (χ0) is 30.0. The highest BCUT2D eigenvalue weighted by molar-refractivity contribution is 6.95. The van der Waals surface area contributed by atoms with E-state index in [4.69, 9.17) is 0 Å². The van der Waals surface area contributed by atoms with Crippen molar-refractivity contribution in [1.29, 1.82) is 0 Å². The lowest BCUT2D eigenvalue weighted by Gasteiger charge is -2.49. The monoisotopic (exact) mass is 572 g/mol. The van der Waals surface area contributed by atoms with Gasteiger partial charge < -0.3 is 9.80 Å². The fourth-order valence-corrected chi connectivity index (χ4v) is 9.88. The summed E-state index contributed by atoms with van der Waals surface area (Å²) in [6, 6.07) is 34.4. The number of benzene rings is 4. The van der Waals surface area contributed by atoms with Crippen LogP contribution in [0, 0.1) is 17.3 Å². The molecule has 0 amide bonds. The second-order valence-corrected chi connectivity index (χ2v) is 15.3. The SMILES string of the molecule is C[C@H]1C2=C(C=C3CCC(C)(C)C31)N(c1ccccc1)c1cccc3c1B2c1cc2c(cc1N3c1ccccc1)CCC2(C)C. The van der Waals surface area contributed by atoms with Gasteiger partial charge in [-0.3, -0.25) is 0 Å². The van der Waals surface area contributed by atoms with Gasteiger partial charge in [0.15, 0.2) is 0 Å². The Hall–Kier alpha value is -3.98. The van der Waals surface area contributed by atoms with Gasteiger partial charge in [-0.2, -0.15) is 0 Å². The minimum absolute atomic E-state index is 0.197. The number of hydrogen-bond acceptors (Lipinski definition) is 2. The van der Waals surface area contributed by atoms with Gasteiger partial charge in [0, 0.05) is 34.1 Å². The van der Waals surface area contributed by atoms with Gasteiger partial charge in [0.05, 0.1) is 0 Å². The van der Waals surface area contributed by atoms with Crippen molar-refractivity contribution in [3.05, 3.63) is 125 Å². The molecule has 0 radical (unpaired) electrons. The van der Waals surface area contributed by atoms with Crippen LogP contribution in [0.5, 0.6) is 0 Å². The number of hydrogen-bond donors (Lipinski definition) is 0. The Bertz CT molecular complexity index is 1900. The van der Waals surface area contributed by atoms with E-state index < -0.39 is 0 Å². The van der Waals surface area contributed by atoms with E-state index in [1.54, 1.807) is 16.6 Å². The summed E-state index contributed by atoms with van der Waals surface area (Å²) in [5.41, 5.74) is 17.7. The fraction of sp³-hybridized carbons (Fsp3) is 0.317. The van der Waals surface area contributed by atoms with Crippen molar-refractivity contribution in [2.24, 2.45) is 17.3 Å². The average molecular weight is 573 g/mol. The Labute approximate surface area is 263 Å². The smallest absolute Gasteiger partial charge is 0.247 e. The summed E-state index contributed by atoms with van der Waals surface area (Å²) in [4.78, 5) is 5.17. The van der Waals surface area contributed by atoms with E-state index in [0.29, 0.717) is 17.3 Å². The molecule has 44 heavy (non-hydrogen) atoms. The van der Waals surface area contributed by atoms with Crippen molar-refractivity contribution >= 4 is 46.1 Å². The van der Waals surface area contributed by atoms with Crippen LogP contribution >= 0.6 is 0 Å². The van der Waals surface area contributed by atoms with Crippen molar-refractivity contribution in [2.45, 2.75) is 65.7 Å². The summed E-state index contributed by atoms with van der Waals surface area (Å²) >= 11 is 0. The number of allylic oxidation sites excluding steroid dienone is 3. The van der Waals surface area contributed by atoms with E-state index in [1.807, 2.05) is 0 Å². The van der Waals surface area contributed by atoms with Crippen LogP contribution in [0.15, 0.2) is 114 Å². The largest absolute Gasteiger partial charge is 0.312 e. The Morgan fingerprint density at radius 2 is 1.36 bits per heavy atom. The molecule has 0 bridgehead atoms. The summed E-state index contributed by atoms with van der Waals surface area (Å²) in [6.45, 7) is 12.7. The Morgan fingerprint density at radius 1 is 0.705 bits per heavy atom. The first-order chi connectivity index (χ1) is 21.2. The van der Waals surface area contributed by atoms with Crippen LogP contribution in [0.1, 0.15) is 65.0 Å². The van der Waals surface area contributed by atoms with Gasteiger partial charge in [0.25, 0.3) is 0 Å². The minimum Gasteiger partial charge on any atom is -0.312 e. The first-order valence-electron chi connectivity index (χ1n) is 16.7. The summed E-state index contributed by atoms with van der Waals surface area (Å²) in [6.07, 6.45) is 7.47. The molecular formula is C41H41BN2. The molecule has 0 aromatic heterocycles. The topological polar surface area (TPSA) is 6.48 Å². The summed E-state index contributed by atoms with van der Waals surface area (Å²) in [5, 5.41) is 0. The van der Waals surface area contributed by atoms with Gasteiger partial charge >= 0.3 is 0 Å². The van der Waals surface area contributed by atoms with E-state index in [2.05, 4.69) is 141 Å². The molecule has 2 heterocycles. The first-order valence-corrected chi connectivity index (χ1v) is 16.7. The predicted octanol–water partition coefficient (Wildman–Crippen LogP) is 9.26. The van der Waals surface area contributed by atoms with Crippen LogP contribution in [-0.4, -0.2) is 6.71 Å². The van der Waals surface area contributed by atoms with Crippen molar-refractivity contribution in [1.82, 2.24) is 0 Å². The van der Waals surface area contributed by atoms with Gasteiger partial charge in [-0.1, -0.05) is 94.2 Å². The fourth-order valence-electron chi connectivity index (χ4n) is 9.88. The van der Waals surface area contributed by atoms with Crippen molar-refractivity contribution in [2.75, 3.05) is 9.80 Å². The normalized spacial score (nSPS) is 23.5. The average Bonchev–Trinajstić information content (AvgIpc) is 3.50. The van der Waals surface area contributed by atoms with Gasteiger partial charge in [0.2, 0.25) is 6.71 Å². The Kier molecular flexibility index (Phi) is 5.43. The molecule has 218 valence electrons. The van der Waals surface area contributed by atoms with E-state index >= 15 is 0 Å². The first kappa shape index (κ1) is 26.4. The minimum atomic E-state index is 0.197. The van der Waals surface area contributed by atoms with Crippen LogP contribution < -0.4 is 20.7 Å². The molecule has 3 aliphatic carbocycles. The van der Waals surface area contributed by atoms with Crippen molar-refractivity contribution in [3.63, 3.8) is 0 Å². The zero-order valence-electron chi connectivity index (χ0n) is 26.7. The molecule has 9 rings (SSSR count). The van der Waals surface area contributed by atoms with E-state index in [-0.39, 0.29) is 12.1 Å². The molecule has 4 aromatic carbocycles. The third-order valence-electron chi connectivity index (χ3n) is 11.9. The molecule has 3 heteroatoms. The molecule has 0 spiro atoms. The molecule has 5 aliphatic rings. The maximum absolute atomic E-state index is 2.65. The van der Waals surface area contributed by atoms with E-state index in [0.717, 1.165) is 6.42 Å². The molecule has 1 saturated carbocycles. The van der Waals surface area contributed by atoms with Crippen LogP contribution in [0.2, 0.25) is 0 Å². The number of aryl methyl sites for hydroxylation is 1.